The maximum absolute atomic E-state index is 12.6. The average molecular weight is 285 g/mol. The molecule has 2 saturated heterocycles. The molecule has 110 valence electrons. The van der Waals surface area contributed by atoms with Gasteiger partial charge in [-0.15, -0.1) is 0 Å². The molecule has 2 aliphatic rings. The molecule has 0 radical (unpaired) electrons. The first-order valence-electron chi connectivity index (χ1n) is 6.92. The maximum Gasteiger partial charge on any atom is 0.416 e. The summed E-state index contributed by atoms with van der Waals surface area (Å²) in [6, 6.07) is 5.61. The monoisotopic (exact) mass is 285 g/mol. The number of nitrogens with zero attached hydrogens (tertiary/aromatic N) is 2. The Morgan fingerprint density at radius 1 is 0.900 bits per heavy atom. The third-order valence-electron chi connectivity index (χ3n) is 4.05. The van der Waals surface area contributed by atoms with Gasteiger partial charge in [0.2, 0.25) is 0 Å². The zero-order valence-electron chi connectivity index (χ0n) is 11.2. The second kappa shape index (κ2) is 5.35. The Bertz CT molecular complexity index is 444. The number of nitrogens with one attached hydrogen (secondary N) is 1. The van der Waals surface area contributed by atoms with E-state index in [1.807, 2.05) is 0 Å². The van der Waals surface area contributed by atoms with Crippen LogP contribution in [-0.4, -0.2) is 49.1 Å². The Labute approximate surface area is 116 Å². The van der Waals surface area contributed by atoms with Gasteiger partial charge in [-0.25, -0.2) is 0 Å². The molecular weight excluding hydrogens is 267 g/mol. The van der Waals surface area contributed by atoms with Crippen molar-refractivity contribution in [1.82, 2.24) is 15.1 Å². The molecule has 6 heteroatoms. The van der Waals surface area contributed by atoms with Gasteiger partial charge in [-0.1, -0.05) is 12.1 Å². The summed E-state index contributed by atoms with van der Waals surface area (Å²) in [6.45, 7) is 5.70. The van der Waals surface area contributed by atoms with Gasteiger partial charge in [0.25, 0.3) is 0 Å². The van der Waals surface area contributed by atoms with E-state index in [2.05, 4.69) is 15.1 Å². The van der Waals surface area contributed by atoms with Crippen molar-refractivity contribution in [3.8, 4) is 0 Å². The number of halogens is 3. The van der Waals surface area contributed by atoms with Crippen LogP contribution in [0.3, 0.4) is 0 Å². The van der Waals surface area contributed by atoms with E-state index in [0.29, 0.717) is 0 Å². The molecule has 1 aromatic carbocycles. The summed E-state index contributed by atoms with van der Waals surface area (Å²) in [5.41, 5.74) is 0.378. The van der Waals surface area contributed by atoms with E-state index in [9.17, 15) is 13.2 Å². The first-order chi connectivity index (χ1) is 9.55. The van der Waals surface area contributed by atoms with Gasteiger partial charge in [-0.3, -0.25) is 9.80 Å². The predicted octanol–water partition coefficient (Wildman–Crippen LogP) is 1.92. The van der Waals surface area contributed by atoms with Crippen LogP contribution in [0.1, 0.15) is 17.3 Å². The van der Waals surface area contributed by atoms with E-state index in [1.54, 1.807) is 12.1 Å². The second-order valence-corrected chi connectivity index (χ2v) is 5.32. The predicted molar refractivity (Wildman–Crippen MR) is 70.2 cm³/mol. The second-order valence-electron chi connectivity index (χ2n) is 5.32. The molecule has 3 nitrogen and oxygen atoms in total. The van der Waals surface area contributed by atoms with Gasteiger partial charge >= 0.3 is 6.18 Å². The van der Waals surface area contributed by atoms with Crippen LogP contribution in [0.25, 0.3) is 0 Å². The SMILES string of the molecule is FC(F)(F)c1ccc(C2N3CCNCCN2CC3)cc1. The molecule has 1 aromatic rings. The zero-order chi connectivity index (χ0) is 14.2. The molecule has 0 aliphatic carbocycles. The Hall–Kier alpha value is -1.11. The maximum atomic E-state index is 12.6. The van der Waals surface area contributed by atoms with Crippen LogP contribution in [0, 0.1) is 0 Å². The lowest BCUT2D eigenvalue weighted by Crippen LogP contribution is -2.42. The van der Waals surface area contributed by atoms with Gasteiger partial charge in [0, 0.05) is 39.3 Å². The number of hydrogen-bond donors (Lipinski definition) is 1. The molecule has 2 heterocycles. The highest BCUT2D eigenvalue weighted by molar-refractivity contribution is 5.27. The Morgan fingerprint density at radius 3 is 1.95 bits per heavy atom. The number of hydrogen-bond acceptors (Lipinski definition) is 3. The molecule has 2 fully saturated rings. The van der Waals surface area contributed by atoms with Crippen LogP contribution < -0.4 is 5.32 Å². The molecule has 2 bridgehead atoms. The summed E-state index contributed by atoms with van der Waals surface area (Å²) in [7, 11) is 0. The van der Waals surface area contributed by atoms with E-state index in [0.717, 1.165) is 44.8 Å². The third kappa shape index (κ3) is 2.68. The van der Waals surface area contributed by atoms with Crippen molar-refractivity contribution in [2.45, 2.75) is 12.3 Å². The minimum Gasteiger partial charge on any atom is -0.314 e. The summed E-state index contributed by atoms with van der Waals surface area (Å²) in [6.07, 6.45) is -4.14. The molecule has 0 saturated carbocycles. The van der Waals surface area contributed by atoms with Crippen molar-refractivity contribution in [2.75, 3.05) is 39.3 Å². The Balaban J connectivity index is 1.84. The molecule has 0 aromatic heterocycles. The van der Waals surface area contributed by atoms with Gasteiger partial charge < -0.3 is 5.32 Å². The fraction of sp³-hybridized carbons (Fsp3) is 0.571. The van der Waals surface area contributed by atoms with Crippen molar-refractivity contribution in [2.24, 2.45) is 0 Å². The summed E-state index contributed by atoms with van der Waals surface area (Å²) < 4.78 is 37.9. The summed E-state index contributed by atoms with van der Waals surface area (Å²) >= 11 is 0. The molecule has 20 heavy (non-hydrogen) atoms. The molecular formula is C14H18F3N3. The summed E-state index contributed by atoms with van der Waals surface area (Å²) in [5, 5.41) is 3.36. The lowest BCUT2D eigenvalue weighted by Gasteiger charge is -2.33. The summed E-state index contributed by atoms with van der Waals surface area (Å²) in [5.74, 6) is 0. The third-order valence-corrected chi connectivity index (χ3v) is 4.05. The average Bonchev–Trinajstić information content (AvgIpc) is 2.82. The molecule has 1 N–H and O–H groups in total. The van der Waals surface area contributed by atoms with Crippen molar-refractivity contribution in [1.29, 1.82) is 0 Å². The fourth-order valence-corrected chi connectivity index (χ4v) is 3.04. The van der Waals surface area contributed by atoms with Gasteiger partial charge in [-0.05, 0) is 17.7 Å². The van der Waals surface area contributed by atoms with E-state index < -0.39 is 11.7 Å². The van der Waals surface area contributed by atoms with Crippen LogP contribution in [0.5, 0.6) is 0 Å². The van der Waals surface area contributed by atoms with Crippen molar-refractivity contribution < 1.29 is 13.2 Å². The largest absolute Gasteiger partial charge is 0.416 e. The van der Waals surface area contributed by atoms with Crippen LogP contribution >= 0.6 is 0 Å². The molecule has 0 amide bonds. The van der Waals surface area contributed by atoms with E-state index in [-0.39, 0.29) is 6.17 Å². The van der Waals surface area contributed by atoms with Crippen LogP contribution in [0.2, 0.25) is 0 Å². The van der Waals surface area contributed by atoms with Crippen molar-refractivity contribution >= 4 is 0 Å². The lowest BCUT2D eigenvalue weighted by molar-refractivity contribution is -0.137. The molecule has 0 spiro atoms. The number of rotatable bonds is 1. The zero-order valence-corrected chi connectivity index (χ0v) is 11.2. The van der Waals surface area contributed by atoms with E-state index in [4.69, 9.17) is 0 Å². The highest BCUT2D eigenvalue weighted by Gasteiger charge is 2.35. The molecule has 2 unspecified atom stereocenters. The smallest absolute Gasteiger partial charge is 0.314 e. The van der Waals surface area contributed by atoms with Crippen molar-refractivity contribution in [3.05, 3.63) is 35.4 Å². The molecule has 2 aliphatic heterocycles. The quantitative estimate of drug-likeness (QED) is 0.850. The summed E-state index contributed by atoms with van der Waals surface area (Å²) in [4.78, 5) is 4.66. The lowest BCUT2D eigenvalue weighted by atomic mass is 10.1. The topological polar surface area (TPSA) is 18.5 Å². The minimum atomic E-state index is -4.26. The fourth-order valence-electron chi connectivity index (χ4n) is 3.04. The van der Waals surface area contributed by atoms with Crippen LogP contribution in [-0.2, 0) is 6.18 Å². The van der Waals surface area contributed by atoms with E-state index in [1.165, 1.54) is 12.1 Å². The molecule has 3 rings (SSSR count). The standard InChI is InChI=1S/C14H18F3N3/c15-14(16,17)12-3-1-11(2-4-12)13-19-7-5-18-6-8-20(13)10-9-19/h1-4,13,18H,5-10H2. The number of fused-ring (bicyclic) bond motifs is 2. The minimum absolute atomic E-state index is 0.124. The Kier molecular flexibility index (Phi) is 3.70. The van der Waals surface area contributed by atoms with Gasteiger partial charge in [0.1, 0.15) is 0 Å². The van der Waals surface area contributed by atoms with E-state index >= 15 is 0 Å². The highest BCUT2D eigenvalue weighted by atomic mass is 19.4. The first-order valence-corrected chi connectivity index (χ1v) is 6.92. The first kappa shape index (κ1) is 13.9. The van der Waals surface area contributed by atoms with Crippen LogP contribution in [0.15, 0.2) is 24.3 Å². The van der Waals surface area contributed by atoms with Crippen LogP contribution in [0.4, 0.5) is 13.2 Å². The highest BCUT2D eigenvalue weighted by Crippen LogP contribution is 2.33. The van der Waals surface area contributed by atoms with Gasteiger partial charge in [0.05, 0.1) is 11.7 Å². The number of benzene rings is 1. The number of alkyl halides is 3. The normalized spacial score (nSPS) is 30.9. The van der Waals surface area contributed by atoms with Gasteiger partial charge in [0.15, 0.2) is 0 Å². The van der Waals surface area contributed by atoms with Gasteiger partial charge in [-0.2, -0.15) is 13.2 Å². The van der Waals surface area contributed by atoms with Crippen molar-refractivity contribution in [3.63, 3.8) is 0 Å². The Morgan fingerprint density at radius 2 is 1.45 bits per heavy atom. The molecule has 2 atom stereocenters.